The number of hydrogen-bond donors (Lipinski definition) is 0. The number of morpholine rings is 1. The Bertz CT molecular complexity index is 321. The summed E-state index contributed by atoms with van der Waals surface area (Å²) in [6.45, 7) is 4.34. The second kappa shape index (κ2) is 4.11. The van der Waals surface area contributed by atoms with Gasteiger partial charge in [0.2, 0.25) is 0 Å². The summed E-state index contributed by atoms with van der Waals surface area (Å²) in [4.78, 5) is 10.4. The number of halogens is 1. The average molecular weight is 214 g/mol. The highest BCUT2D eigenvalue weighted by Crippen LogP contribution is 2.23. The van der Waals surface area contributed by atoms with Gasteiger partial charge in [-0.1, -0.05) is 11.6 Å². The zero-order valence-corrected chi connectivity index (χ0v) is 8.74. The van der Waals surface area contributed by atoms with Crippen molar-refractivity contribution in [1.82, 2.24) is 9.97 Å². The van der Waals surface area contributed by atoms with E-state index < -0.39 is 0 Å². The average Bonchev–Trinajstić information content (AvgIpc) is 2.20. The maximum Gasteiger partial charge on any atom is 0.171 e. The van der Waals surface area contributed by atoms with E-state index in [1.165, 1.54) is 0 Å². The minimum absolute atomic E-state index is 0.304. The third-order valence-electron chi connectivity index (χ3n) is 2.28. The molecule has 2 rings (SSSR count). The summed E-state index contributed by atoms with van der Waals surface area (Å²) in [6, 6.07) is 0.304. The van der Waals surface area contributed by atoms with Crippen LogP contribution in [0.4, 0.5) is 5.82 Å². The molecule has 76 valence electrons. The SMILES string of the molecule is CC1COCCN1c1nccnc1Cl. The van der Waals surface area contributed by atoms with Crippen LogP contribution >= 0.6 is 11.6 Å². The minimum atomic E-state index is 0.304. The van der Waals surface area contributed by atoms with E-state index in [1.54, 1.807) is 12.4 Å². The molecular formula is C9H12ClN3O. The Morgan fingerprint density at radius 2 is 2.29 bits per heavy atom. The van der Waals surface area contributed by atoms with Crippen molar-refractivity contribution >= 4 is 17.4 Å². The summed E-state index contributed by atoms with van der Waals surface area (Å²) in [5.74, 6) is 0.755. The van der Waals surface area contributed by atoms with E-state index >= 15 is 0 Å². The zero-order chi connectivity index (χ0) is 9.97. The molecule has 14 heavy (non-hydrogen) atoms. The topological polar surface area (TPSA) is 38.2 Å². The van der Waals surface area contributed by atoms with E-state index in [4.69, 9.17) is 16.3 Å². The van der Waals surface area contributed by atoms with Crippen LogP contribution in [0.5, 0.6) is 0 Å². The van der Waals surface area contributed by atoms with E-state index in [9.17, 15) is 0 Å². The van der Waals surface area contributed by atoms with Gasteiger partial charge in [-0.25, -0.2) is 9.97 Å². The van der Waals surface area contributed by atoms with E-state index in [0.29, 0.717) is 17.8 Å². The summed E-state index contributed by atoms with van der Waals surface area (Å²) in [5, 5.41) is 0.459. The Kier molecular flexibility index (Phi) is 2.84. The normalized spacial score (nSPS) is 22.4. The van der Waals surface area contributed by atoms with Crippen molar-refractivity contribution in [3.63, 3.8) is 0 Å². The predicted octanol–water partition coefficient (Wildman–Crippen LogP) is 1.36. The molecule has 4 nitrogen and oxygen atoms in total. The molecule has 0 N–H and O–H groups in total. The number of anilines is 1. The van der Waals surface area contributed by atoms with Gasteiger partial charge in [0.1, 0.15) is 0 Å². The van der Waals surface area contributed by atoms with Gasteiger partial charge in [-0.3, -0.25) is 0 Å². The van der Waals surface area contributed by atoms with Gasteiger partial charge >= 0.3 is 0 Å². The van der Waals surface area contributed by atoms with Gasteiger partial charge in [-0.05, 0) is 6.92 Å². The molecular weight excluding hydrogens is 202 g/mol. The summed E-state index contributed by atoms with van der Waals surface area (Å²) in [7, 11) is 0. The van der Waals surface area contributed by atoms with Crippen LogP contribution < -0.4 is 4.90 Å². The van der Waals surface area contributed by atoms with E-state index in [0.717, 1.165) is 19.0 Å². The van der Waals surface area contributed by atoms with Crippen molar-refractivity contribution in [3.8, 4) is 0 Å². The number of hydrogen-bond acceptors (Lipinski definition) is 4. The Morgan fingerprint density at radius 3 is 3.00 bits per heavy atom. The van der Waals surface area contributed by atoms with Gasteiger partial charge in [0.15, 0.2) is 11.0 Å². The maximum absolute atomic E-state index is 5.97. The van der Waals surface area contributed by atoms with Crippen molar-refractivity contribution in [3.05, 3.63) is 17.5 Å². The Balaban J connectivity index is 2.25. The first-order valence-electron chi connectivity index (χ1n) is 4.60. The highest BCUT2D eigenvalue weighted by Gasteiger charge is 2.22. The first-order valence-corrected chi connectivity index (χ1v) is 4.97. The van der Waals surface area contributed by atoms with Gasteiger partial charge in [-0.15, -0.1) is 0 Å². The molecule has 0 aliphatic carbocycles. The molecule has 2 heterocycles. The van der Waals surface area contributed by atoms with Gasteiger partial charge in [0.05, 0.1) is 19.3 Å². The van der Waals surface area contributed by atoms with Crippen molar-refractivity contribution in [2.24, 2.45) is 0 Å². The van der Waals surface area contributed by atoms with Crippen molar-refractivity contribution in [1.29, 1.82) is 0 Å². The Hall–Kier alpha value is -0.870. The molecule has 1 atom stereocenters. The molecule has 1 aliphatic heterocycles. The maximum atomic E-state index is 5.97. The number of nitrogens with zero attached hydrogens (tertiary/aromatic N) is 3. The number of ether oxygens (including phenoxy) is 1. The first-order chi connectivity index (χ1) is 6.79. The van der Waals surface area contributed by atoms with Crippen LogP contribution in [0.25, 0.3) is 0 Å². The highest BCUT2D eigenvalue weighted by atomic mass is 35.5. The number of aromatic nitrogens is 2. The van der Waals surface area contributed by atoms with E-state index in [2.05, 4.69) is 21.8 Å². The van der Waals surface area contributed by atoms with Crippen molar-refractivity contribution < 1.29 is 4.74 Å². The molecule has 0 spiro atoms. The molecule has 1 fully saturated rings. The molecule has 0 saturated carbocycles. The first kappa shape index (κ1) is 9.68. The summed E-state index contributed by atoms with van der Waals surface area (Å²) in [6.07, 6.45) is 3.25. The van der Waals surface area contributed by atoms with Crippen LogP contribution in [0.3, 0.4) is 0 Å². The van der Waals surface area contributed by atoms with Gasteiger partial charge in [0, 0.05) is 18.9 Å². The van der Waals surface area contributed by atoms with Crippen molar-refractivity contribution in [2.75, 3.05) is 24.7 Å². The molecule has 0 radical (unpaired) electrons. The zero-order valence-electron chi connectivity index (χ0n) is 7.98. The lowest BCUT2D eigenvalue weighted by Crippen LogP contribution is -2.44. The lowest BCUT2D eigenvalue weighted by Gasteiger charge is -2.34. The second-order valence-electron chi connectivity index (χ2n) is 3.29. The molecule has 1 aromatic heterocycles. The molecule has 5 heteroatoms. The summed E-state index contributed by atoms with van der Waals surface area (Å²) in [5.41, 5.74) is 0. The van der Waals surface area contributed by atoms with E-state index in [-0.39, 0.29) is 0 Å². The molecule has 1 unspecified atom stereocenters. The Labute approximate surface area is 87.9 Å². The van der Waals surface area contributed by atoms with Crippen LogP contribution in [0, 0.1) is 0 Å². The summed E-state index contributed by atoms with van der Waals surface area (Å²) < 4.78 is 5.34. The fraction of sp³-hybridized carbons (Fsp3) is 0.556. The van der Waals surface area contributed by atoms with Crippen LogP contribution in [0.1, 0.15) is 6.92 Å². The molecule has 1 aromatic rings. The molecule has 0 bridgehead atoms. The fourth-order valence-electron chi connectivity index (χ4n) is 1.55. The monoisotopic (exact) mass is 213 g/mol. The van der Waals surface area contributed by atoms with Gasteiger partial charge < -0.3 is 9.64 Å². The highest BCUT2D eigenvalue weighted by molar-refractivity contribution is 6.31. The second-order valence-corrected chi connectivity index (χ2v) is 3.65. The van der Waals surface area contributed by atoms with Crippen LogP contribution in [0.15, 0.2) is 12.4 Å². The molecule has 0 aromatic carbocycles. The molecule has 0 amide bonds. The third-order valence-corrected chi connectivity index (χ3v) is 2.54. The summed E-state index contributed by atoms with van der Waals surface area (Å²) >= 11 is 5.97. The Morgan fingerprint density at radius 1 is 1.50 bits per heavy atom. The quantitative estimate of drug-likeness (QED) is 0.706. The van der Waals surface area contributed by atoms with Gasteiger partial charge in [-0.2, -0.15) is 0 Å². The molecule has 1 saturated heterocycles. The standard InChI is InChI=1S/C9H12ClN3O/c1-7-6-14-5-4-13(7)9-8(10)11-2-3-12-9/h2-3,7H,4-6H2,1H3. The largest absolute Gasteiger partial charge is 0.377 e. The number of rotatable bonds is 1. The lowest BCUT2D eigenvalue weighted by molar-refractivity contribution is 0.0985. The van der Waals surface area contributed by atoms with Gasteiger partial charge in [0.25, 0.3) is 0 Å². The minimum Gasteiger partial charge on any atom is -0.377 e. The van der Waals surface area contributed by atoms with Crippen LogP contribution in [0.2, 0.25) is 5.15 Å². The third kappa shape index (κ3) is 1.81. The van der Waals surface area contributed by atoms with E-state index in [1.807, 2.05) is 0 Å². The fourth-order valence-corrected chi connectivity index (χ4v) is 1.76. The van der Waals surface area contributed by atoms with Crippen molar-refractivity contribution in [2.45, 2.75) is 13.0 Å². The van der Waals surface area contributed by atoms with Crippen LogP contribution in [-0.2, 0) is 4.74 Å². The van der Waals surface area contributed by atoms with Crippen LogP contribution in [-0.4, -0.2) is 35.8 Å². The smallest absolute Gasteiger partial charge is 0.171 e. The predicted molar refractivity (Wildman–Crippen MR) is 54.7 cm³/mol. The lowest BCUT2D eigenvalue weighted by atomic mass is 10.2. The molecule has 1 aliphatic rings.